The first-order chi connectivity index (χ1) is 15.6. The van der Waals surface area contributed by atoms with Gasteiger partial charge < -0.3 is 14.0 Å². The SMILES string of the molecule is CCS(=O)(=O)c1cc(C(F)(OC)OC)cnc1-c1nc2cc(C(F)(F)C(F)(F)F)cnc2n1C. The first-order valence-electron chi connectivity index (χ1n) is 9.43. The molecule has 3 aromatic rings. The van der Waals surface area contributed by atoms with Crippen molar-refractivity contribution in [2.24, 2.45) is 7.05 Å². The monoisotopic (exact) mass is 512 g/mol. The summed E-state index contributed by atoms with van der Waals surface area (Å²) in [6, 6.07) is -1.40. The van der Waals surface area contributed by atoms with E-state index in [2.05, 4.69) is 24.4 Å². The lowest BCUT2D eigenvalue weighted by molar-refractivity contribution is -0.304. The number of aryl methyl sites for hydroxylation is 1. The maximum atomic E-state index is 14.8. The molecule has 0 N–H and O–H groups in total. The number of fused-ring (bicyclic) bond motifs is 1. The molecule has 0 aliphatic rings. The molecule has 34 heavy (non-hydrogen) atoms. The number of hydrogen-bond acceptors (Lipinski definition) is 7. The number of nitrogens with zero attached hydrogens (tertiary/aromatic N) is 4. The van der Waals surface area contributed by atoms with Crippen molar-refractivity contribution in [3.8, 4) is 11.5 Å². The van der Waals surface area contributed by atoms with E-state index in [9.17, 15) is 34.8 Å². The van der Waals surface area contributed by atoms with E-state index in [4.69, 9.17) is 0 Å². The number of methoxy groups -OCH3 is 2. The number of rotatable bonds is 7. The highest BCUT2D eigenvalue weighted by Crippen LogP contribution is 2.44. The molecule has 0 fully saturated rings. The molecule has 3 aromatic heterocycles. The minimum atomic E-state index is -5.86. The molecule has 186 valence electrons. The molecule has 0 spiro atoms. The Kier molecular flexibility index (Phi) is 6.43. The first-order valence-corrected chi connectivity index (χ1v) is 11.1. The summed E-state index contributed by atoms with van der Waals surface area (Å²) in [5, 5.41) is 0. The zero-order valence-corrected chi connectivity index (χ0v) is 18.9. The molecule has 0 aliphatic carbocycles. The van der Waals surface area contributed by atoms with Crippen LogP contribution in [-0.2, 0) is 38.3 Å². The molecule has 8 nitrogen and oxygen atoms in total. The molecule has 0 bridgehead atoms. The lowest BCUT2D eigenvalue weighted by Crippen LogP contribution is -2.33. The summed E-state index contributed by atoms with van der Waals surface area (Å²) in [5.41, 5.74) is -2.61. The van der Waals surface area contributed by atoms with Crippen molar-refractivity contribution in [3.63, 3.8) is 0 Å². The third kappa shape index (κ3) is 4.11. The predicted octanol–water partition coefficient (Wildman–Crippen LogP) is 3.85. The molecule has 0 saturated heterocycles. The van der Waals surface area contributed by atoms with Crippen LogP contribution in [0, 0.1) is 0 Å². The highest BCUT2D eigenvalue weighted by Gasteiger charge is 2.59. The van der Waals surface area contributed by atoms with Crippen LogP contribution in [0.25, 0.3) is 22.7 Å². The number of imidazole rings is 1. The average Bonchev–Trinajstić information content (AvgIpc) is 3.13. The maximum absolute atomic E-state index is 14.8. The molecule has 0 aliphatic heterocycles. The standard InChI is InChI=1S/C19H18F6N4O4S/c1-5-34(30,31)13-7-11(18(22,32-3)33-4)9-26-14(13)16-28-12-6-10(8-27-15(12)29(16)2)17(20,21)19(23,24)25/h6-9H,5H2,1-4H3. The van der Waals surface area contributed by atoms with Gasteiger partial charge in [-0.3, -0.25) is 4.98 Å². The number of pyridine rings is 2. The fraction of sp³-hybridized carbons (Fsp3) is 0.421. The summed E-state index contributed by atoms with van der Waals surface area (Å²) in [6.07, 6.45) is -4.58. The molecular weight excluding hydrogens is 494 g/mol. The van der Waals surface area contributed by atoms with Crippen LogP contribution in [0.15, 0.2) is 29.4 Å². The molecule has 0 unspecified atom stereocenters. The van der Waals surface area contributed by atoms with E-state index in [0.717, 1.165) is 31.0 Å². The second-order valence-electron chi connectivity index (χ2n) is 7.05. The third-order valence-corrected chi connectivity index (χ3v) is 6.82. The summed E-state index contributed by atoms with van der Waals surface area (Å²) in [4.78, 5) is 11.1. The molecule has 0 atom stereocenters. The lowest BCUT2D eigenvalue weighted by atomic mass is 10.1. The molecular formula is C19H18F6N4O4S. The predicted molar refractivity (Wildman–Crippen MR) is 106 cm³/mol. The molecule has 15 heteroatoms. The minimum absolute atomic E-state index is 0.115. The van der Waals surface area contributed by atoms with E-state index in [1.807, 2.05) is 0 Å². The topological polar surface area (TPSA) is 96.2 Å². The Morgan fingerprint density at radius 1 is 0.971 bits per heavy atom. The van der Waals surface area contributed by atoms with Gasteiger partial charge in [-0.05, 0) is 12.1 Å². The van der Waals surface area contributed by atoms with Crippen molar-refractivity contribution in [2.75, 3.05) is 20.0 Å². The maximum Gasteiger partial charge on any atom is 0.458 e. The third-order valence-electron chi connectivity index (χ3n) is 5.08. The summed E-state index contributed by atoms with van der Waals surface area (Å²) >= 11 is 0. The van der Waals surface area contributed by atoms with E-state index in [1.165, 1.54) is 14.0 Å². The minimum Gasteiger partial charge on any atom is -0.323 e. The largest absolute Gasteiger partial charge is 0.458 e. The fourth-order valence-corrected chi connectivity index (χ4v) is 4.17. The van der Waals surface area contributed by atoms with Crippen molar-refractivity contribution < 1.29 is 44.2 Å². The molecule has 3 heterocycles. The first kappa shape index (κ1) is 25.8. The number of alkyl halides is 6. The Hall–Kier alpha value is -2.78. The number of ether oxygens (including phenoxy) is 2. The van der Waals surface area contributed by atoms with Gasteiger partial charge in [0.2, 0.25) is 0 Å². The smallest absolute Gasteiger partial charge is 0.323 e. The normalized spacial score (nSPS) is 13.6. The Morgan fingerprint density at radius 3 is 2.09 bits per heavy atom. The van der Waals surface area contributed by atoms with E-state index in [0.29, 0.717) is 12.3 Å². The van der Waals surface area contributed by atoms with Crippen LogP contribution < -0.4 is 0 Å². The van der Waals surface area contributed by atoms with E-state index in [-0.39, 0.29) is 22.7 Å². The van der Waals surface area contributed by atoms with E-state index in [1.54, 1.807) is 0 Å². The molecule has 0 aromatic carbocycles. The highest BCUT2D eigenvalue weighted by molar-refractivity contribution is 7.91. The van der Waals surface area contributed by atoms with Crippen LogP contribution in [0.4, 0.5) is 26.3 Å². The average molecular weight is 512 g/mol. The number of sulfone groups is 1. The van der Waals surface area contributed by atoms with Gasteiger partial charge in [0, 0.05) is 33.7 Å². The van der Waals surface area contributed by atoms with Crippen LogP contribution in [0.5, 0.6) is 0 Å². The van der Waals surface area contributed by atoms with Gasteiger partial charge in [0.1, 0.15) is 11.2 Å². The lowest BCUT2D eigenvalue weighted by Gasteiger charge is -2.22. The van der Waals surface area contributed by atoms with Crippen LogP contribution in [0.3, 0.4) is 0 Å². The van der Waals surface area contributed by atoms with Gasteiger partial charge in [-0.1, -0.05) is 6.92 Å². The number of halogens is 6. The quantitative estimate of drug-likeness (QED) is 0.351. The molecule has 3 rings (SSSR count). The number of aromatic nitrogens is 4. The van der Waals surface area contributed by atoms with Crippen LogP contribution >= 0.6 is 0 Å². The van der Waals surface area contributed by atoms with Gasteiger partial charge in [0.15, 0.2) is 21.3 Å². The van der Waals surface area contributed by atoms with Crippen molar-refractivity contribution in [3.05, 3.63) is 35.7 Å². The number of hydrogen-bond donors (Lipinski definition) is 0. The van der Waals surface area contributed by atoms with Crippen LogP contribution in [0.1, 0.15) is 18.1 Å². The zero-order chi connectivity index (χ0) is 25.7. The van der Waals surface area contributed by atoms with Gasteiger partial charge in [0.25, 0.3) is 0 Å². The van der Waals surface area contributed by atoms with Crippen molar-refractivity contribution in [1.29, 1.82) is 0 Å². The molecule has 0 saturated carbocycles. The van der Waals surface area contributed by atoms with Crippen LogP contribution in [-0.4, -0.2) is 54.1 Å². The summed E-state index contributed by atoms with van der Waals surface area (Å²) in [7, 11) is -0.764. The Balaban J connectivity index is 2.27. The van der Waals surface area contributed by atoms with Gasteiger partial charge in [-0.2, -0.15) is 26.3 Å². The Labute approximate surface area is 189 Å². The second-order valence-corrected chi connectivity index (χ2v) is 9.30. The Morgan fingerprint density at radius 2 is 1.56 bits per heavy atom. The van der Waals surface area contributed by atoms with Gasteiger partial charge in [-0.25, -0.2) is 18.4 Å². The summed E-state index contributed by atoms with van der Waals surface area (Å²) < 4.78 is 117. The Bertz CT molecular complexity index is 1340. The summed E-state index contributed by atoms with van der Waals surface area (Å²) in [6.45, 7) is 1.32. The zero-order valence-electron chi connectivity index (χ0n) is 18.1. The van der Waals surface area contributed by atoms with Gasteiger partial charge >= 0.3 is 18.1 Å². The highest BCUT2D eigenvalue weighted by atomic mass is 32.2. The van der Waals surface area contributed by atoms with Crippen molar-refractivity contribution in [1.82, 2.24) is 19.5 Å². The van der Waals surface area contributed by atoms with E-state index < -0.39 is 49.8 Å². The van der Waals surface area contributed by atoms with Gasteiger partial charge in [-0.15, -0.1) is 0 Å². The fourth-order valence-electron chi connectivity index (χ4n) is 3.11. The van der Waals surface area contributed by atoms with Crippen molar-refractivity contribution >= 4 is 21.0 Å². The molecule has 0 amide bonds. The van der Waals surface area contributed by atoms with Gasteiger partial charge in [0.05, 0.1) is 21.8 Å². The molecule has 0 radical (unpaired) electrons. The summed E-state index contributed by atoms with van der Waals surface area (Å²) in [5.74, 6) is -5.82. The second kappa shape index (κ2) is 8.46. The van der Waals surface area contributed by atoms with Crippen LogP contribution in [0.2, 0.25) is 0 Å². The van der Waals surface area contributed by atoms with Crippen molar-refractivity contribution in [2.45, 2.75) is 30.0 Å². The van der Waals surface area contributed by atoms with E-state index >= 15 is 0 Å².